The fraction of sp³-hybridized carbons (Fsp3) is 0.650. The highest BCUT2D eigenvalue weighted by Crippen LogP contribution is 2.33. The Kier molecular flexibility index (Phi) is 5.24. The Hall–Kier alpha value is -1.14. The highest BCUT2D eigenvalue weighted by molar-refractivity contribution is 6.33. The van der Waals surface area contributed by atoms with Crippen molar-refractivity contribution in [2.45, 2.75) is 32.7 Å². The van der Waals surface area contributed by atoms with E-state index in [0.29, 0.717) is 17.9 Å². The fourth-order valence-electron chi connectivity index (χ4n) is 4.21. The van der Waals surface area contributed by atoms with Crippen molar-refractivity contribution in [3.63, 3.8) is 0 Å². The third kappa shape index (κ3) is 3.50. The molecule has 4 heterocycles. The lowest BCUT2D eigenvalue weighted by Gasteiger charge is -2.48. The van der Waals surface area contributed by atoms with E-state index in [1.165, 1.54) is 5.56 Å². The van der Waals surface area contributed by atoms with Gasteiger partial charge < -0.3 is 9.14 Å². The van der Waals surface area contributed by atoms with Crippen LogP contribution in [0.1, 0.15) is 31.2 Å². The Labute approximate surface area is 160 Å². The summed E-state index contributed by atoms with van der Waals surface area (Å²) < 4.78 is 7.61. The zero-order valence-corrected chi connectivity index (χ0v) is 16.7. The van der Waals surface area contributed by atoms with E-state index >= 15 is 0 Å². The molecule has 26 heavy (non-hydrogen) atoms. The molecule has 2 aliphatic rings. The van der Waals surface area contributed by atoms with Gasteiger partial charge in [-0.1, -0.05) is 25.4 Å². The highest BCUT2D eigenvalue weighted by atomic mass is 35.5. The van der Waals surface area contributed by atoms with Gasteiger partial charge in [-0.05, 0) is 24.5 Å². The van der Waals surface area contributed by atoms with Crippen molar-refractivity contribution < 1.29 is 4.74 Å². The third-order valence-corrected chi connectivity index (χ3v) is 6.27. The van der Waals surface area contributed by atoms with E-state index in [2.05, 4.69) is 45.3 Å². The lowest BCUT2D eigenvalue weighted by molar-refractivity contribution is -0.00225. The summed E-state index contributed by atoms with van der Waals surface area (Å²) in [6, 6.07) is 2.74. The number of halogens is 1. The lowest BCUT2D eigenvalue weighted by Crippen LogP contribution is -2.57. The number of ether oxygens (including phenoxy) is 1. The first kappa shape index (κ1) is 18.2. The molecule has 2 aromatic heterocycles. The van der Waals surface area contributed by atoms with E-state index in [0.717, 1.165) is 62.3 Å². The Bertz CT molecular complexity index is 763. The van der Waals surface area contributed by atoms with E-state index in [4.69, 9.17) is 16.3 Å². The molecule has 0 aliphatic carbocycles. The second kappa shape index (κ2) is 7.47. The maximum atomic E-state index is 6.49. The molecule has 2 aromatic rings. The number of hydrogen-bond acceptors (Lipinski definition) is 4. The number of likely N-dealkylation sites (tertiary alicyclic amines) is 1. The lowest BCUT2D eigenvalue weighted by atomic mass is 9.88. The molecule has 1 atom stereocenters. The van der Waals surface area contributed by atoms with Crippen LogP contribution in [0.4, 0.5) is 0 Å². The van der Waals surface area contributed by atoms with Crippen LogP contribution < -0.4 is 0 Å². The van der Waals surface area contributed by atoms with Gasteiger partial charge in [-0.3, -0.25) is 9.80 Å². The van der Waals surface area contributed by atoms with Crippen LogP contribution in [0.5, 0.6) is 0 Å². The molecule has 0 saturated carbocycles. The van der Waals surface area contributed by atoms with E-state index in [1.54, 1.807) is 0 Å². The number of aromatic nitrogens is 2. The minimum absolute atomic E-state index is 0.560. The van der Waals surface area contributed by atoms with E-state index in [1.807, 2.05) is 13.1 Å². The molecule has 0 aromatic carbocycles. The minimum atomic E-state index is 0.560. The molecular weight excluding hydrogens is 348 g/mol. The Morgan fingerprint density at radius 3 is 2.69 bits per heavy atom. The summed E-state index contributed by atoms with van der Waals surface area (Å²) >= 11 is 6.49. The zero-order chi connectivity index (χ0) is 18.3. The van der Waals surface area contributed by atoms with E-state index in [-0.39, 0.29) is 0 Å². The van der Waals surface area contributed by atoms with Gasteiger partial charge in [-0.25, -0.2) is 4.98 Å². The normalized spacial score (nSPS) is 21.4. The highest BCUT2D eigenvalue weighted by Gasteiger charge is 2.36. The summed E-state index contributed by atoms with van der Waals surface area (Å²) in [7, 11) is 0. The molecule has 142 valence electrons. The van der Waals surface area contributed by atoms with Crippen LogP contribution >= 0.6 is 11.6 Å². The van der Waals surface area contributed by atoms with Crippen LogP contribution in [0.3, 0.4) is 0 Å². The summed E-state index contributed by atoms with van der Waals surface area (Å²) in [6.45, 7) is 14.0. The quantitative estimate of drug-likeness (QED) is 0.803. The largest absolute Gasteiger partial charge is 0.379 e. The van der Waals surface area contributed by atoms with Crippen molar-refractivity contribution >= 4 is 17.1 Å². The fourth-order valence-corrected chi connectivity index (χ4v) is 4.48. The van der Waals surface area contributed by atoms with Crippen LogP contribution in [0.25, 0.3) is 5.52 Å². The molecule has 6 heteroatoms. The number of rotatable bonds is 5. The molecular formula is C20H29ClN4O. The minimum Gasteiger partial charge on any atom is -0.379 e. The Morgan fingerprint density at radius 1 is 1.27 bits per heavy atom. The van der Waals surface area contributed by atoms with Crippen molar-refractivity contribution in [3.05, 3.63) is 34.9 Å². The molecule has 0 bridgehead atoms. The van der Waals surface area contributed by atoms with Gasteiger partial charge in [0, 0.05) is 50.9 Å². The summed E-state index contributed by atoms with van der Waals surface area (Å²) in [5.74, 6) is 2.21. The average Bonchev–Trinajstić information content (AvgIpc) is 2.95. The number of fused-ring (bicyclic) bond motifs is 1. The van der Waals surface area contributed by atoms with Crippen molar-refractivity contribution in [1.29, 1.82) is 0 Å². The van der Waals surface area contributed by atoms with Gasteiger partial charge in [-0.2, -0.15) is 0 Å². The van der Waals surface area contributed by atoms with Crippen LogP contribution in [-0.2, 0) is 4.74 Å². The average molecular weight is 377 g/mol. The van der Waals surface area contributed by atoms with Gasteiger partial charge in [0.05, 0.1) is 29.9 Å². The smallest absolute Gasteiger partial charge is 0.110 e. The zero-order valence-electron chi connectivity index (χ0n) is 16.0. The SMILES string of the molecule is Cc1ncc2c(Cl)cc(C3CN(C(CN4CCOCC4)C(C)C)C3)cn12. The van der Waals surface area contributed by atoms with Gasteiger partial charge in [-0.15, -0.1) is 0 Å². The van der Waals surface area contributed by atoms with E-state index < -0.39 is 0 Å². The topological polar surface area (TPSA) is 33.0 Å². The van der Waals surface area contributed by atoms with Crippen molar-refractivity contribution in [1.82, 2.24) is 19.2 Å². The molecule has 4 rings (SSSR count). The first-order chi connectivity index (χ1) is 12.5. The number of hydrogen-bond donors (Lipinski definition) is 0. The third-order valence-electron chi connectivity index (χ3n) is 5.97. The molecule has 2 saturated heterocycles. The molecule has 0 amide bonds. The number of pyridine rings is 1. The monoisotopic (exact) mass is 376 g/mol. The van der Waals surface area contributed by atoms with Gasteiger partial charge in [0.15, 0.2) is 0 Å². The molecule has 2 fully saturated rings. The molecule has 0 N–H and O–H groups in total. The van der Waals surface area contributed by atoms with Crippen LogP contribution in [0.15, 0.2) is 18.5 Å². The van der Waals surface area contributed by atoms with Crippen molar-refractivity contribution in [2.24, 2.45) is 5.92 Å². The van der Waals surface area contributed by atoms with Gasteiger partial charge in [0.2, 0.25) is 0 Å². The molecule has 0 radical (unpaired) electrons. The second-order valence-corrected chi connectivity index (χ2v) is 8.46. The summed E-state index contributed by atoms with van der Waals surface area (Å²) in [6.07, 6.45) is 4.07. The summed E-state index contributed by atoms with van der Waals surface area (Å²) in [5.41, 5.74) is 2.32. The van der Waals surface area contributed by atoms with Gasteiger partial charge in [0.1, 0.15) is 5.82 Å². The number of nitrogens with zero attached hydrogens (tertiary/aromatic N) is 4. The maximum Gasteiger partial charge on any atom is 0.110 e. The first-order valence-corrected chi connectivity index (χ1v) is 10.1. The summed E-state index contributed by atoms with van der Waals surface area (Å²) in [5, 5.41) is 0.801. The van der Waals surface area contributed by atoms with Crippen molar-refractivity contribution in [3.8, 4) is 0 Å². The van der Waals surface area contributed by atoms with E-state index in [9.17, 15) is 0 Å². The predicted octanol–water partition coefficient (Wildman–Crippen LogP) is 3.05. The second-order valence-electron chi connectivity index (χ2n) is 8.06. The molecule has 2 aliphatic heterocycles. The Balaban J connectivity index is 1.44. The van der Waals surface area contributed by atoms with Crippen LogP contribution in [0.2, 0.25) is 5.02 Å². The Morgan fingerprint density at radius 2 is 2.00 bits per heavy atom. The first-order valence-electron chi connectivity index (χ1n) is 9.70. The van der Waals surface area contributed by atoms with Crippen LogP contribution in [0, 0.1) is 12.8 Å². The van der Waals surface area contributed by atoms with Crippen molar-refractivity contribution in [2.75, 3.05) is 45.9 Å². The van der Waals surface area contributed by atoms with Gasteiger partial charge in [0.25, 0.3) is 0 Å². The number of morpholine rings is 1. The maximum absolute atomic E-state index is 6.49. The number of imidazole rings is 1. The van der Waals surface area contributed by atoms with Crippen LogP contribution in [-0.4, -0.2) is 71.2 Å². The molecule has 1 unspecified atom stereocenters. The number of aryl methyl sites for hydroxylation is 1. The standard InChI is InChI=1S/C20H29ClN4O/c1-14(2)20(13-23-4-6-26-7-5-23)24-10-17(11-24)16-8-18(21)19-9-22-15(3)25(19)12-16/h8-9,12,14,17,20H,4-7,10-11,13H2,1-3H3. The predicted molar refractivity (Wildman–Crippen MR) is 105 cm³/mol. The van der Waals surface area contributed by atoms with Gasteiger partial charge >= 0.3 is 0 Å². The molecule has 0 spiro atoms. The molecule has 5 nitrogen and oxygen atoms in total. The summed E-state index contributed by atoms with van der Waals surface area (Å²) in [4.78, 5) is 9.58.